The summed E-state index contributed by atoms with van der Waals surface area (Å²) in [5.41, 5.74) is 1.77. The molecule has 1 rings (SSSR count). The van der Waals surface area contributed by atoms with Crippen LogP contribution in [0.15, 0.2) is 22.3 Å². The minimum absolute atomic E-state index is 0.0144. The highest BCUT2D eigenvalue weighted by molar-refractivity contribution is 9.10. The van der Waals surface area contributed by atoms with Crippen molar-refractivity contribution in [3.8, 4) is 0 Å². The summed E-state index contributed by atoms with van der Waals surface area (Å²) in [5, 5.41) is 4.02. The van der Waals surface area contributed by atoms with Gasteiger partial charge in [-0.1, -0.05) is 19.4 Å². The maximum absolute atomic E-state index is 11.9. The van der Waals surface area contributed by atoms with Gasteiger partial charge in [0.05, 0.1) is 10.7 Å². The second-order valence-corrected chi connectivity index (χ2v) is 4.19. The van der Waals surface area contributed by atoms with Gasteiger partial charge in [-0.3, -0.25) is 9.48 Å². The summed E-state index contributed by atoms with van der Waals surface area (Å²) in [6.45, 7) is 4.11. The van der Waals surface area contributed by atoms with Crippen molar-refractivity contribution in [2.75, 3.05) is 0 Å². The molecule has 0 spiro atoms. The fraction of sp³-hybridized carbons (Fsp3) is 0.455. The van der Waals surface area contributed by atoms with Gasteiger partial charge in [-0.05, 0) is 34.8 Å². The van der Waals surface area contributed by atoms with Crippen molar-refractivity contribution < 1.29 is 4.79 Å². The lowest BCUT2D eigenvalue weighted by molar-refractivity contribution is 0.103. The maximum Gasteiger partial charge on any atom is 0.204 e. The third kappa shape index (κ3) is 2.78. The van der Waals surface area contributed by atoms with Gasteiger partial charge in [0, 0.05) is 7.05 Å². The van der Waals surface area contributed by atoms with E-state index in [1.54, 1.807) is 24.0 Å². The molecule has 15 heavy (non-hydrogen) atoms. The summed E-state index contributed by atoms with van der Waals surface area (Å²) in [7, 11) is 1.77. The molecule has 4 heteroatoms. The van der Waals surface area contributed by atoms with Crippen LogP contribution in [0.3, 0.4) is 0 Å². The Kier molecular flexibility index (Phi) is 4.27. The topological polar surface area (TPSA) is 34.9 Å². The number of hydrogen-bond acceptors (Lipinski definition) is 2. The van der Waals surface area contributed by atoms with E-state index < -0.39 is 0 Å². The van der Waals surface area contributed by atoms with Gasteiger partial charge in [-0.25, -0.2) is 0 Å². The summed E-state index contributed by atoms with van der Waals surface area (Å²) < 4.78 is 2.34. The third-order valence-corrected chi connectivity index (χ3v) is 2.95. The first-order valence-corrected chi connectivity index (χ1v) is 5.80. The first kappa shape index (κ1) is 12.2. The molecule has 0 amide bonds. The second kappa shape index (κ2) is 5.26. The Bertz CT molecular complexity index is 368. The van der Waals surface area contributed by atoms with Crippen LogP contribution < -0.4 is 0 Å². The molecule has 1 aromatic heterocycles. The van der Waals surface area contributed by atoms with Crippen LogP contribution >= 0.6 is 15.9 Å². The van der Waals surface area contributed by atoms with Crippen molar-refractivity contribution in [1.82, 2.24) is 9.78 Å². The minimum atomic E-state index is 0.0144. The fourth-order valence-corrected chi connectivity index (χ4v) is 1.94. The molecule has 0 saturated carbocycles. The monoisotopic (exact) mass is 270 g/mol. The molecule has 0 radical (unpaired) electrons. The number of allylic oxidation sites excluding steroid dienone is 2. The summed E-state index contributed by atoms with van der Waals surface area (Å²) in [6, 6.07) is 0. The molecule has 0 aliphatic carbocycles. The van der Waals surface area contributed by atoms with E-state index in [0.29, 0.717) is 5.69 Å². The van der Waals surface area contributed by atoms with E-state index in [0.717, 1.165) is 22.9 Å². The first-order valence-electron chi connectivity index (χ1n) is 5.01. The van der Waals surface area contributed by atoms with E-state index >= 15 is 0 Å². The lowest BCUT2D eigenvalue weighted by Gasteiger charge is -2.01. The predicted octanol–water partition coefficient (Wildman–Crippen LogP) is 3.11. The molecule has 0 bridgehead atoms. The zero-order valence-corrected chi connectivity index (χ0v) is 10.8. The average Bonchev–Trinajstić information content (AvgIpc) is 2.55. The zero-order valence-electron chi connectivity index (χ0n) is 9.25. The van der Waals surface area contributed by atoms with Gasteiger partial charge < -0.3 is 0 Å². The third-order valence-electron chi connectivity index (χ3n) is 2.37. The van der Waals surface area contributed by atoms with E-state index in [4.69, 9.17) is 0 Å². The quantitative estimate of drug-likeness (QED) is 0.623. The van der Waals surface area contributed by atoms with Crippen molar-refractivity contribution in [2.24, 2.45) is 7.05 Å². The van der Waals surface area contributed by atoms with E-state index in [-0.39, 0.29) is 5.78 Å². The highest BCUT2D eigenvalue weighted by atomic mass is 79.9. The van der Waals surface area contributed by atoms with Crippen molar-refractivity contribution >= 4 is 21.7 Å². The highest BCUT2D eigenvalue weighted by Gasteiger charge is 2.13. The summed E-state index contributed by atoms with van der Waals surface area (Å²) in [4.78, 5) is 11.9. The van der Waals surface area contributed by atoms with Gasteiger partial charge in [0.15, 0.2) is 0 Å². The molecule has 1 aromatic rings. The molecule has 82 valence electrons. The van der Waals surface area contributed by atoms with E-state index in [9.17, 15) is 4.79 Å². The van der Waals surface area contributed by atoms with Crippen molar-refractivity contribution in [1.29, 1.82) is 0 Å². The zero-order chi connectivity index (χ0) is 11.4. The van der Waals surface area contributed by atoms with Gasteiger partial charge in [0.2, 0.25) is 5.78 Å². The van der Waals surface area contributed by atoms with Gasteiger partial charge in [-0.2, -0.15) is 5.10 Å². The molecule has 3 nitrogen and oxygen atoms in total. The highest BCUT2D eigenvalue weighted by Crippen LogP contribution is 2.17. The maximum atomic E-state index is 11.9. The number of halogens is 1. The van der Waals surface area contributed by atoms with Crippen LogP contribution in [-0.2, 0) is 7.05 Å². The molecule has 0 aliphatic heterocycles. The number of aryl methyl sites for hydroxylation is 1. The number of rotatable bonds is 4. The fourth-order valence-electron chi connectivity index (χ4n) is 1.40. The van der Waals surface area contributed by atoms with E-state index in [1.165, 1.54) is 0 Å². The van der Waals surface area contributed by atoms with Crippen LogP contribution in [0.4, 0.5) is 0 Å². The lowest BCUT2D eigenvalue weighted by atomic mass is 10.1. The lowest BCUT2D eigenvalue weighted by Crippen LogP contribution is -2.05. The Morgan fingerprint density at radius 1 is 1.53 bits per heavy atom. The Morgan fingerprint density at radius 3 is 2.53 bits per heavy atom. The van der Waals surface area contributed by atoms with Gasteiger partial charge in [0.1, 0.15) is 5.69 Å². The molecule has 0 saturated heterocycles. The Hall–Kier alpha value is -0.900. The van der Waals surface area contributed by atoms with E-state index in [1.807, 2.05) is 0 Å². The smallest absolute Gasteiger partial charge is 0.204 e. The van der Waals surface area contributed by atoms with Crippen molar-refractivity contribution in [3.05, 3.63) is 28.0 Å². The molecule has 0 fully saturated rings. The molecule has 0 aliphatic rings. The van der Waals surface area contributed by atoms with Crippen LogP contribution in [-0.4, -0.2) is 15.6 Å². The van der Waals surface area contributed by atoms with Crippen LogP contribution in [0, 0.1) is 0 Å². The molecular weight excluding hydrogens is 256 g/mol. The van der Waals surface area contributed by atoms with Crippen LogP contribution in [0.5, 0.6) is 0 Å². The number of hydrogen-bond donors (Lipinski definition) is 0. The summed E-state index contributed by atoms with van der Waals surface area (Å²) in [6.07, 6.45) is 5.18. The number of carbonyl (C=O) groups excluding carboxylic acids is 1. The molecule has 0 unspecified atom stereocenters. The van der Waals surface area contributed by atoms with Gasteiger partial charge in [0.25, 0.3) is 0 Å². The van der Waals surface area contributed by atoms with Gasteiger partial charge in [-0.15, -0.1) is 0 Å². The number of aromatic nitrogens is 2. The second-order valence-electron chi connectivity index (χ2n) is 3.34. The molecule has 0 aromatic carbocycles. The normalized spacial score (nSPS) is 10.1. The predicted molar refractivity (Wildman–Crippen MR) is 63.9 cm³/mol. The molecular formula is C11H15BrN2O. The van der Waals surface area contributed by atoms with Crippen LogP contribution in [0.1, 0.15) is 37.2 Å². The number of carbonyl (C=O) groups is 1. The first-order chi connectivity index (χ1) is 7.10. The summed E-state index contributed by atoms with van der Waals surface area (Å²) in [5.74, 6) is 0.0144. The Balaban J connectivity index is 3.00. The molecule has 1 heterocycles. The van der Waals surface area contributed by atoms with Gasteiger partial charge >= 0.3 is 0 Å². The number of ketones is 1. The molecule has 0 N–H and O–H groups in total. The minimum Gasteiger partial charge on any atom is -0.288 e. The summed E-state index contributed by atoms with van der Waals surface area (Å²) >= 11 is 3.32. The van der Waals surface area contributed by atoms with E-state index in [2.05, 4.69) is 34.9 Å². The Labute approximate surface area is 98.3 Å². The van der Waals surface area contributed by atoms with Crippen LogP contribution in [0.2, 0.25) is 0 Å². The van der Waals surface area contributed by atoms with Crippen LogP contribution in [0.25, 0.3) is 0 Å². The van der Waals surface area contributed by atoms with Crippen molar-refractivity contribution in [2.45, 2.75) is 26.7 Å². The SMILES string of the molecule is CCC(=CC(=O)c1c(Br)cnn1C)CC. The standard InChI is InChI=1S/C11H15BrN2O/c1-4-8(5-2)6-10(15)11-9(12)7-13-14(11)3/h6-7H,4-5H2,1-3H3. The number of nitrogens with zero attached hydrogens (tertiary/aromatic N) is 2. The molecule has 0 atom stereocenters. The Morgan fingerprint density at radius 2 is 2.13 bits per heavy atom. The largest absolute Gasteiger partial charge is 0.288 e. The van der Waals surface area contributed by atoms with Crippen molar-refractivity contribution in [3.63, 3.8) is 0 Å². The average molecular weight is 271 g/mol.